The topological polar surface area (TPSA) is 64.3 Å². The maximum Gasteiger partial charge on any atom is 0.258 e. The zero-order chi connectivity index (χ0) is 15.2. The van der Waals surface area contributed by atoms with Crippen LogP contribution in [-0.2, 0) is 4.79 Å². The summed E-state index contributed by atoms with van der Waals surface area (Å²) < 4.78 is 5.43. The summed E-state index contributed by atoms with van der Waals surface area (Å²) in [6, 6.07) is 5.09. The third-order valence-electron chi connectivity index (χ3n) is 3.82. The third-order valence-corrected chi connectivity index (χ3v) is 4.56. The molecule has 7 heteroatoms. The first-order chi connectivity index (χ1) is 10.1. The highest BCUT2D eigenvalue weighted by Gasteiger charge is 2.25. The highest BCUT2D eigenvalue weighted by atomic mass is 35.5. The van der Waals surface area contributed by atoms with Crippen LogP contribution >= 0.6 is 35.6 Å². The molecule has 2 atom stereocenters. The molecule has 3 N–H and O–H groups in total. The van der Waals surface area contributed by atoms with Crippen LogP contribution in [0.3, 0.4) is 0 Å². The molecule has 1 aliphatic rings. The van der Waals surface area contributed by atoms with Gasteiger partial charge in [0.2, 0.25) is 0 Å². The monoisotopic (exact) mass is 366 g/mol. The van der Waals surface area contributed by atoms with Crippen molar-refractivity contribution in [3.05, 3.63) is 28.2 Å². The quantitative estimate of drug-likeness (QED) is 0.838. The smallest absolute Gasteiger partial charge is 0.258 e. The van der Waals surface area contributed by atoms with E-state index in [1.807, 2.05) is 0 Å². The molecule has 1 aliphatic carbocycles. The minimum Gasteiger partial charge on any atom is -0.484 e. The summed E-state index contributed by atoms with van der Waals surface area (Å²) in [7, 11) is 0. The van der Waals surface area contributed by atoms with Crippen LogP contribution in [0.25, 0.3) is 0 Å². The number of carbonyl (C=O) groups excluding carboxylic acids is 1. The van der Waals surface area contributed by atoms with Gasteiger partial charge in [-0.2, -0.15) is 0 Å². The molecule has 0 bridgehead atoms. The number of rotatable bonds is 5. The summed E-state index contributed by atoms with van der Waals surface area (Å²) in [5, 5.41) is 3.88. The standard InChI is InChI=1S/C15H20Cl2N2O2.ClH/c16-12-6-5-11(7-13(12)17)21-9-15(20)19-14-4-2-1-3-10(14)8-18;/h5-7,10,14H,1-4,8-9,18H2,(H,19,20);1H. The Hall–Kier alpha value is -0.680. The van der Waals surface area contributed by atoms with Crippen molar-refractivity contribution in [3.8, 4) is 5.75 Å². The molecule has 22 heavy (non-hydrogen) atoms. The number of hydrogen-bond acceptors (Lipinski definition) is 3. The van der Waals surface area contributed by atoms with Crippen LogP contribution < -0.4 is 15.8 Å². The Bertz CT molecular complexity index is 500. The van der Waals surface area contributed by atoms with E-state index in [9.17, 15) is 4.79 Å². The molecular weight excluding hydrogens is 347 g/mol. The normalized spacial score (nSPS) is 20.9. The summed E-state index contributed by atoms with van der Waals surface area (Å²) in [6.45, 7) is 0.574. The third kappa shape index (κ3) is 5.51. The number of benzene rings is 1. The van der Waals surface area contributed by atoms with Gasteiger partial charge < -0.3 is 15.8 Å². The van der Waals surface area contributed by atoms with E-state index >= 15 is 0 Å². The van der Waals surface area contributed by atoms with Gasteiger partial charge in [0.25, 0.3) is 5.91 Å². The van der Waals surface area contributed by atoms with Gasteiger partial charge in [-0.25, -0.2) is 0 Å². The lowest BCUT2D eigenvalue weighted by Crippen LogP contribution is -2.46. The molecule has 1 aromatic carbocycles. The van der Waals surface area contributed by atoms with Crippen molar-refractivity contribution in [2.24, 2.45) is 11.7 Å². The molecule has 1 amide bonds. The highest BCUT2D eigenvalue weighted by molar-refractivity contribution is 6.42. The lowest BCUT2D eigenvalue weighted by Gasteiger charge is -2.31. The molecule has 1 fully saturated rings. The van der Waals surface area contributed by atoms with Gasteiger partial charge in [0.15, 0.2) is 6.61 Å². The number of carbonyl (C=O) groups is 1. The first kappa shape index (κ1) is 19.4. The van der Waals surface area contributed by atoms with E-state index in [4.69, 9.17) is 33.7 Å². The molecule has 0 aliphatic heterocycles. The minimum absolute atomic E-state index is 0. The Morgan fingerprint density at radius 3 is 2.68 bits per heavy atom. The molecule has 1 saturated carbocycles. The van der Waals surface area contributed by atoms with E-state index in [-0.39, 0.29) is 31.0 Å². The molecule has 1 aromatic rings. The second kappa shape index (κ2) is 9.46. The predicted molar refractivity (Wildman–Crippen MR) is 92.1 cm³/mol. The van der Waals surface area contributed by atoms with Gasteiger partial charge in [-0.15, -0.1) is 12.4 Å². The largest absolute Gasteiger partial charge is 0.484 e. The summed E-state index contributed by atoms with van der Waals surface area (Å²) in [4.78, 5) is 12.0. The molecule has 4 nitrogen and oxygen atoms in total. The van der Waals surface area contributed by atoms with Crippen LogP contribution in [0.15, 0.2) is 18.2 Å². The van der Waals surface area contributed by atoms with Gasteiger partial charge in [0.05, 0.1) is 10.0 Å². The number of halogens is 3. The second-order valence-electron chi connectivity index (χ2n) is 5.32. The fourth-order valence-corrected chi connectivity index (χ4v) is 2.93. The van der Waals surface area contributed by atoms with Gasteiger partial charge in [0.1, 0.15) is 5.75 Å². The van der Waals surface area contributed by atoms with Crippen LogP contribution in [0.5, 0.6) is 5.75 Å². The van der Waals surface area contributed by atoms with E-state index in [1.54, 1.807) is 18.2 Å². The maximum atomic E-state index is 12.0. The zero-order valence-corrected chi connectivity index (χ0v) is 14.5. The lowest BCUT2D eigenvalue weighted by molar-refractivity contribution is -0.124. The van der Waals surface area contributed by atoms with Gasteiger partial charge in [-0.1, -0.05) is 36.0 Å². The number of ether oxygens (including phenoxy) is 1. The Morgan fingerprint density at radius 2 is 2.00 bits per heavy atom. The van der Waals surface area contributed by atoms with Crippen LogP contribution in [0.4, 0.5) is 0 Å². The van der Waals surface area contributed by atoms with Crippen LogP contribution in [0.1, 0.15) is 25.7 Å². The molecule has 0 radical (unpaired) electrons. The van der Waals surface area contributed by atoms with Crippen molar-refractivity contribution in [1.82, 2.24) is 5.32 Å². The highest BCUT2D eigenvalue weighted by Crippen LogP contribution is 2.26. The fourth-order valence-electron chi connectivity index (χ4n) is 2.64. The molecule has 2 unspecified atom stereocenters. The van der Waals surface area contributed by atoms with Crippen molar-refractivity contribution in [2.75, 3.05) is 13.2 Å². The van der Waals surface area contributed by atoms with Crippen LogP contribution in [0.2, 0.25) is 10.0 Å². The molecular formula is C15H21Cl3N2O2. The van der Waals surface area contributed by atoms with Crippen molar-refractivity contribution in [3.63, 3.8) is 0 Å². The number of nitrogens with one attached hydrogen (secondary N) is 1. The SMILES string of the molecule is Cl.NCC1CCCCC1NC(=O)COc1ccc(Cl)c(Cl)c1. The summed E-state index contributed by atoms with van der Waals surface area (Å²) in [6.07, 6.45) is 4.39. The van der Waals surface area contributed by atoms with Gasteiger partial charge in [0, 0.05) is 12.1 Å². The van der Waals surface area contributed by atoms with Crippen molar-refractivity contribution in [2.45, 2.75) is 31.7 Å². The molecule has 0 spiro atoms. The Labute approximate surface area is 147 Å². The maximum absolute atomic E-state index is 12.0. The van der Waals surface area contributed by atoms with Gasteiger partial charge >= 0.3 is 0 Å². The average molecular weight is 368 g/mol. The first-order valence-electron chi connectivity index (χ1n) is 7.17. The molecule has 2 rings (SSSR count). The van der Waals surface area contributed by atoms with Gasteiger partial charge in [-0.3, -0.25) is 4.79 Å². The zero-order valence-electron chi connectivity index (χ0n) is 12.2. The first-order valence-corrected chi connectivity index (χ1v) is 7.93. The second-order valence-corrected chi connectivity index (χ2v) is 6.13. The lowest BCUT2D eigenvalue weighted by atomic mass is 9.84. The summed E-state index contributed by atoms with van der Waals surface area (Å²) in [5.74, 6) is 0.762. The molecule has 0 aromatic heterocycles. The molecule has 0 saturated heterocycles. The molecule has 0 heterocycles. The fraction of sp³-hybridized carbons (Fsp3) is 0.533. The average Bonchev–Trinajstić information content (AvgIpc) is 2.49. The van der Waals surface area contributed by atoms with Crippen molar-refractivity contribution < 1.29 is 9.53 Å². The summed E-state index contributed by atoms with van der Waals surface area (Å²) in [5.41, 5.74) is 5.76. The van der Waals surface area contributed by atoms with E-state index < -0.39 is 0 Å². The van der Waals surface area contributed by atoms with Crippen LogP contribution in [0, 0.1) is 5.92 Å². The number of hydrogen-bond donors (Lipinski definition) is 2. The Kier molecular flexibility index (Phi) is 8.33. The van der Waals surface area contributed by atoms with Gasteiger partial charge in [-0.05, 0) is 37.4 Å². The van der Waals surface area contributed by atoms with E-state index in [0.717, 1.165) is 19.3 Å². The Morgan fingerprint density at radius 1 is 1.27 bits per heavy atom. The minimum atomic E-state index is -0.133. The number of nitrogens with two attached hydrogens (primary N) is 1. The number of amides is 1. The van der Waals surface area contributed by atoms with E-state index in [0.29, 0.717) is 28.3 Å². The van der Waals surface area contributed by atoms with Crippen molar-refractivity contribution >= 4 is 41.5 Å². The van der Waals surface area contributed by atoms with Crippen LogP contribution in [-0.4, -0.2) is 25.1 Å². The van der Waals surface area contributed by atoms with Crippen molar-refractivity contribution in [1.29, 1.82) is 0 Å². The van der Waals surface area contributed by atoms with E-state index in [2.05, 4.69) is 5.32 Å². The summed E-state index contributed by atoms with van der Waals surface area (Å²) >= 11 is 11.7. The van der Waals surface area contributed by atoms with E-state index in [1.165, 1.54) is 6.42 Å². The Balaban J connectivity index is 0.00000242. The molecule has 124 valence electrons. The predicted octanol–water partition coefficient (Wildman–Crippen LogP) is 3.43.